The van der Waals surface area contributed by atoms with Crippen LogP contribution in [0.2, 0.25) is 5.02 Å². The number of nitrogens with one attached hydrogen (secondary N) is 1. The van der Waals surface area contributed by atoms with Gasteiger partial charge in [0, 0.05) is 28.8 Å². The Labute approximate surface area is 146 Å². The van der Waals surface area contributed by atoms with Gasteiger partial charge in [-0.15, -0.1) is 11.3 Å². The monoisotopic (exact) mass is 361 g/mol. The van der Waals surface area contributed by atoms with Gasteiger partial charge in [-0.2, -0.15) is 0 Å². The number of ether oxygens (including phenoxy) is 1. The molecule has 8 heteroatoms. The predicted molar refractivity (Wildman–Crippen MR) is 95.5 cm³/mol. The number of nitro benzene ring substituents is 1. The van der Waals surface area contributed by atoms with Gasteiger partial charge in [-0.05, 0) is 18.2 Å². The molecule has 3 rings (SSSR count). The van der Waals surface area contributed by atoms with Gasteiger partial charge >= 0.3 is 0 Å². The fourth-order valence-corrected chi connectivity index (χ4v) is 3.11. The first-order valence-corrected chi connectivity index (χ1v) is 8.13. The normalized spacial score (nSPS) is 10.4. The number of rotatable bonds is 5. The summed E-state index contributed by atoms with van der Waals surface area (Å²) in [5.74, 6) is 0.596. The number of anilines is 2. The summed E-state index contributed by atoms with van der Waals surface area (Å²) in [5.41, 5.74) is 2.18. The lowest BCUT2D eigenvalue weighted by Crippen LogP contribution is -1.91. The fourth-order valence-electron chi connectivity index (χ4n) is 2.11. The second kappa shape index (κ2) is 6.86. The fraction of sp³-hybridized carbons (Fsp3) is 0.0625. The van der Waals surface area contributed by atoms with E-state index in [1.54, 1.807) is 31.4 Å². The highest BCUT2D eigenvalue weighted by molar-refractivity contribution is 7.14. The Morgan fingerprint density at radius 2 is 2.12 bits per heavy atom. The molecule has 2 aromatic carbocycles. The van der Waals surface area contributed by atoms with Gasteiger partial charge in [0.25, 0.3) is 5.69 Å². The third-order valence-corrected chi connectivity index (χ3v) is 4.31. The molecule has 0 bridgehead atoms. The van der Waals surface area contributed by atoms with Gasteiger partial charge in [0.1, 0.15) is 5.75 Å². The molecule has 0 aliphatic rings. The summed E-state index contributed by atoms with van der Waals surface area (Å²) in [6, 6.07) is 11.7. The molecule has 122 valence electrons. The Hall–Kier alpha value is -2.64. The minimum absolute atomic E-state index is 0.0388. The molecule has 0 atom stereocenters. The maximum absolute atomic E-state index is 10.9. The quantitative estimate of drug-likeness (QED) is 0.504. The molecule has 1 aromatic heterocycles. The molecule has 0 saturated carbocycles. The van der Waals surface area contributed by atoms with Crippen LogP contribution in [0.15, 0.2) is 47.8 Å². The minimum atomic E-state index is -0.422. The minimum Gasteiger partial charge on any atom is -0.495 e. The molecule has 0 amide bonds. The van der Waals surface area contributed by atoms with Crippen molar-refractivity contribution in [3.8, 4) is 17.0 Å². The van der Waals surface area contributed by atoms with E-state index in [-0.39, 0.29) is 5.69 Å². The maximum atomic E-state index is 10.9. The lowest BCUT2D eigenvalue weighted by atomic mass is 10.1. The average molecular weight is 362 g/mol. The van der Waals surface area contributed by atoms with Crippen molar-refractivity contribution in [2.45, 2.75) is 0 Å². The maximum Gasteiger partial charge on any atom is 0.270 e. The Morgan fingerprint density at radius 3 is 2.83 bits per heavy atom. The van der Waals surface area contributed by atoms with E-state index in [2.05, 4.69) is 10.3 Å². The van der Waals surface area contributed by atoms with E-state index in [0.29, 0.717) is 27.2 Å². The Balaban J connectivity index is 1.82. The predicted octanol–water partition coefficient (Wildman–Crippen LogP) is 5.12. The molecule has 0 saturated heterocycles. The second-order valence-electron chi connectivity index (χ2n) is 4.82. The van der Waals surface area contributed by atoms with E-state index >= 15 is 0 Å². The highest BCUT2D eigenvalue weighted by Crippen LogP contribution is 2.32. The third-order valence-electron chi connectivity index (χ3n) is 3.26. The zero-order chi connectivity index (χ0) is 17.1. The van der Waals surface area contributed by atoms with Crippen molar-refractivity contribution in [1.82, 2.24) is 4.98 Å². The summed E-state index contributed by atoms with van der Waals surface area (Å²) in [6.07, 6.45) is 0. The van der Waals surface area contributed by atoms with Gasteiger partial charge < -0.3 is 10.1 Å². The number of aromatic nitrogens is 1. The van der Waals surface area contributed by atoms with Crippen LogP contribution in [0.25, 0.3) is 11.3 Å². The first-order chi connectivity index (χ1) is 11.6. The molecule has 1 heterocycles. The van der Waals surface area contributed by atoms with Crippen molar-refractivity contribution >= 4 is 39.4 Å². The number of hydrogen-bond acceptors (Lipinski definition) is 6. The van der Waals surface area contributed by atoms with E-state index in [0.717, 1.165) is 5.69 Å². The summed E-state index contributed by atoms with van der Waals surface area (Å²) in [4.78, 5) is 14.9. The molecule has 0 unspecified atom stereocenters. The van der Waals surface area contributed by atoms with Crippen molar-refractivity contribution < 1.29 is 9.66 Å². The standard InChI is InChI=1S/C16H12ClN3O3S/c1-23-15-6-5-11(8-13(15)17)18-16-19-14(9-24-16)10-3-2-4-12(7-10)20(21)22/h2-9H,1H3,(H,18,19). The topological polar surface area (TPSA) is 77.3 Å². The summed E-state index contributed by atoms with van der Waals surface area (Å²) >= 11 is 7.50. The van der Waals surface area contributed by atoms with Crippen LogP contribution in [0.1, 0.15) is 0 Å². The number of methoxy groups -OCH3 is 1. The van der Waals surface area contributed by atoms with E-state index in [4.69, 9.17) is 16.3 Å². The Bertz CT molecular complexity index is 898. The Kier molecular flexibility index (Phi) is 4.64. The lowest BCUT2D eigenvalue weighted by molar-refractivity contribution is -0.384. The number of hydrogen-bond donors (Lipinski definition) is 1. The van der Waals surface area contributed by atoms with E-state index < -0.39 is 4.92 Å². The largest absolute Gasteiger partial charge is 0.495 e. The molecule has 0 spiro atoms. The zero-order valence-electron chi connectivity index (χ0n) is 12.5. The van der Waals surface area contributed by atoms with Crippen molar-refractivity contribution in [2.75, 3.05) is 12.4 Å². The van der Waals surface area contributed by atoms with Gasteiger partial charge in [-0.3, -0.25) is 10.1 Å². The highest BCUT2D eigenvalue weighted by atomic mass is 35.5. The van der Waals surface area contributed by atoms with Crippen molar-refractivity contribution in [2.24, 2.45) is 0 Å². The molecule has 0 fully saturated rings. The van der Waals surface area contributed by atoms with E-state index in [1.165, 1.54) is 23.5 Å². The van der Waals surface area contributed by atoms with Crippen LogP contribution >= 0.6 is 22.9 Å². The highest BCUT2D eigenvalue weighted by Gasteiger charge is 2.10. The molecular weight excluding hydrogens is 350 g/mol. The van der Waals surface area contributed by atoms with Crippen LogP contribution < -0.4 is 10.1 Å². The van der Waals surface area contributed by atoms with Crippen LogP contribution in [-0.4, -0.2) is 17.0 Å². The number of nitrogens with zero attached hydrogens (tertiary/aromatic N) is 2. The first-order valence-electron chi connectivity index (χ1n) is 6.88. The molecule has 1 N–H and O–H groups in total. The lowest BCUT2D eigenvalue weighted by Gasteiger charge is -2.06. The summed E-state index contributed by atoms with van der Waals surface area (Å²) in [5, 5.41) is 17.0. The van der Waals surface area contributed by atoms with Crippen LogP contribution in [0.5, 0.6) is 5.75 Å². The number of thiazole rings is 1. The third kappa shape index (κ3) is 3.47. The van der Waals surface area contributed by atoms with Crippen molar-refractivity contribution in [1.29, 1.82) is 0 Å². The number of non-ortho nitro benzene ring substituents is 1. The van der Waals surface area contributed by atoms with Gasteiger partial charge in [-0.25, -0.2) is 4.98 Å². The molecule has 0 radical (unpaired) electrons. The van der Waals surface area contributed by atoms with E-state index in [9.17, 15) is 10.1 Å². The number of halogens is 1. The van der Waals surface area contributed by atoms with Crippen LogP contribution in [0.4, 0.5) is 16.5 Å². The molecule has 0 aliphatic carbocycles. The Morgan fingerprint density at radius 1 is 1.29 bits per heavy atom. The summed E-state index contributed by atoms with van der Waals surface area (Å²) in [6.45, 7) is 0. The second-order valence-corrected chi connectivity index (χ2v) is 6.08. The van der Waals surface area contributed by atoms with Gasteiger partial charge in [0.05, 0.1) is 22.7 Å². The molecule has 24 heavy (non-hydrogen) atoms. The van der Waals surface area contributed by atoms with E-state index in [1.807, 2.05) is 11.4 Å². The first kappa shape index (κ1) is 16.2. The molecule has 3 aromatic rings. The molecule has 6 nitrogen and oxygen atoms in total. The van der Waals surface area contributed by atoms with Crippen LogP contribution in [-0.2, 0) is 0 Å². The molecule has 0 aliphatic heterocycles. The van der Waals surface area contributed by atoms with Gasteiger partial charge in [0.15, 0.2) is 5.13 Å². The number of nitro groups is 1. The van der Waals surface area contributed by atoms with Crippen molar-refractivity contribution in [3.05, 3.63) is 63.0 Å². The van der Waals surface area contributed by atoms with Gasteiger partial charge in [-0.1, -0.05) is 23.7 Å². The zero-order valence-corrected chi connectivity index (χ0v) is 14.1. The summed E-state index contributed by atoms with van der Waals surface area (Å²) in [7, 11) is 1.56. The smallest absolute Gasteiger partial charge is 0.270 e. The molecular formula is C16H12ClN3O3S. The van der Waals surface area contributed by atoms with Crippen LogP contribution in [0.3, 0.4) is 0 Å². The SMILES string of the molecule is COc1ccc(Nc2nc(-c3cccc([N+](=O)[O-])c3)cs2)cc1Cl. The average Bonchev–Trinajstić information content (AvgIpc) is 3.04. The number of benzene rings is 2. The van der Waals surface area contributed by atoms with Crippen LogP contribution in [0, 0.1) is 10.1 Å². The summed E-state index contributed by atoms with van der Waals surface area (Å²) < 4.78 is 5.11. The van der Waals surface area contributed by atoms with Crippen molar-refractivity contribution in [3.63, 3.8) is 0 Å². The van der Waals surface area contributed by atoms with Gasteiger partial charge in [0.2, 0.25) is 0 Å².